The summed E-state index contributed by atoms with van der Waals surface area (Å²) in [6, 6.07) is 14.5. The molecule has 2 heteroatoms. The molecule has 0 amide bonds. The van der Waals surface area contributed by atoms with Gasteiger partial charge in [0.25, 0.3) is 0 Å². The second-order valence-electron chi connectivity index (χ2n) is 4.37. The second kappa shape index (κ2) is 5.69. The highest BCUT2D eigenvalue weighted by Gasteiger charge is 2.03. The van der Waals surface area contributed by atoms with E-state index >= 15 is 0 Å². The van der Waals surface area contributed by atoms with Crippen LogP contribution in [0.5, 0.6) is 5.75 Å². The van der Waals surface area contributed by atoms with E-state index in [4.69, 9.17) is 10.5 Å². The van der Waals surface area contributed by atoms with Gasteiger partial charge in [0.2, 0.25) is 0 Å². The highest BCUT2D eigenvalue weighted by molar-refractivity contribution is 5.83. The Morgan fingerprint density at radius 3 is 2.65 bits per heavy atom. The molecule has 1 atom stereocenters. The topological polar surface area (TPSA) is 35.2 Å². The average molecular weight is 229 g/mol. The number of benzene rings is 2. The molecule has 17 heavy (non-hydrogen) atoms. The number of rotatable bonds is 5. The van der Waals surface area contributed by atoms with Gasteiger partial charge in [-0.25, -0.2) is 0 Å². The summed E-state index contributed by atoms with van der Waals surface area (Å²) >= 11 is 0. The molecule has 2 aromatic carbocycles. The Labute approximate surface area is 102 Å². The van der Waals surface area contributed by atoms with Crippen molar-refractivity contribution in [2.75, 3.05) is 6.54 Å². The van der Waals surface area contributed by atoms with Gasteiger partial charge in [-0.15, -0.1) is 0 Å². The van der Waals surface area contributed by atoms with Crippen LogP contribution >= 0.6 is 0 Å². The number of hydrogen-bond acceptors (Lipinski definition) is 2. The summed E-state index contributed by atoms with van der Waals surface area (Å²) in [5.41, 5.74) is 5.49. The zero-order valence-electron chi connectivity index (χ0n) is 10.2. The SMILES string of the molecule is CC(CCCN)Oc1ccc2ccccc2c1. The molecule has 0 aliphatic rings. The molecule has 1 unspecified atom stereocenters. The molecule has 2 aromatic rings. The first-order valence-corrected chi connectivity index (χ1v) is 6.15. The highest BCUT2D eigenvalue weighted by atomic mass is 16.5. The maximum absolute atomic E-state index is 5.87. The van der Waals surface area contributed by atoms with Crippen molar-refractivity contribution in [3.63, 3.8) is 0 Å². The van der Waals surface area contributed by atoms with Crippen LogP contribution in [0.4, 0.5) is 0 Å². The quantitative estimate of drug-likeness (QED) is 0.853. The molecule has 90 valence electrons. The van der Waals surface area contributed by atoms with E-state index in [0.717, 1.165) is 25.1 Å². The number of fused-ring (bicyclic) bond motifs is 1. The van der Waals surface area contributed by atoms with Gasteiger partial charge in [0.05, 0.1) is 6.10 Å². The molecule has 0 heterocycles. The molecule has 0 bridgehead atoms. The van der Waals surface area contributed by atoms with Gasteiger partial charge in [-0.1, -0.05) is 30.3 Å². The Morgan fingerprint density at radius 1 is 1.12 bits per heavy atom. The van der Waals surface area contributed by atoms with Crippen molar-refractivity contribution in [2.45, 2.75) is 25.9 Å². The third kappa shape index (κ3) is 3.21. The molecule has 0 aliphatic heterocycles. The summed E-state index contributed by atoms with van der Waals surface area (Å²) < 4.78 is 5.87. The van der Waals surface area contributed by atoms with Crippen molar-refractivity contribution < 1.29 is 4.74 Å². The molecule has 0 fully saturated rings. The molecule has 0 aromatic heterocycles. The minimum atomic E-state index is 0.222. The van der Waals surface area contributed by atoms with Gasteiger partial charge in [0.15, 0.2) is 0 Å². The summed E-state index contributed by atoms with van der Waals surface area (Å²) in [6.07, 6.45) is 2.23. The van der Waals surface area contributed by atoms with Crippen molar-refractivity contribution in [3.8, 4) is 5.75 Å². The van der Waals surface area contributed by atoms with Gasteiger partial charge in [-0.2, -0.15) is 0 Å². The fourth-order valence-corrected chi connectivity index (χ4v) is 1.94. The van der Waals surface area contributed by atoms with E-state index < -0.39 is 0 Å². The first kappa shape index (κ1) is 11.9. The molecule has 2 nitrogen and oxygen atoms in total. The van der Waals surface area contributed by atoms with Crippen LogP contribution in [0, 0.1) is 0 Å². The van der Waals surface area contributed by atoms with Crippen molar-refractivity contribution in [2.24, 2.45) is 5.73 Å². The van der Waals surface area contributed by atoms with Gasteiger partial charge in [0.1, 0.15) is 5.75 Å². The standard InChI is InChI=1S/C15H19NO/c1-12(5-4-10-16)17-15-9-8-13-6-2-3-7-14(13)11-15/h2-3,6-9,11-12H,4-5,10,16H2,1H3. The van der Waals surface area contributed by atoms with E-state index in [1.54, 1.807) is 0 Å². The maximum Gasteiger partial charge on any atom is 0.120 e. The third-order valence-corrected chi connectivity index (χ3v) is 2.87. The van der Waals surface area contributed by atoms with E-state index in [1.807, 2.05) is 18.2 Å². The van der Waals surface area contributed by atoms with Crippen LogP contribution in [0.25, 0.3) is 10.8 Å². The van der Waals surface area contributed by atoms with Crippen LogP contribution in [-0.2, 0) is 0 Å². The summed E-state index contributed by atoms with van der Waals surface area (Å²) in [5.74, 6) is 0.938. The molecule has 0 saturated carbocycles. The zero-order valence-corrected chi connectivity index (χ0v) is 10.2. The summed E-state index contributed by atoms with van der Waals surface area (Å²) in [6.45, 7) is 2.82. The Morgan fingerprint density at radius 2 is 1.88 bits per heavy atom. The number of hydrogen-bond donors (Lipinski definition) is 1. The lowest BCUT2D eigenvalue weighted by Crippen LogP contribution is -2.13. The summed E-state index contributed by atoms with van der Waals surface area (Å²) in [7, 11) is 0. The minimum absolute atomic E-state index is 0.222. The monoisotopic (exact) mass is 229 g/mol. The largest absolute Gasteiger partial charge is 0.491 e. The zero-order chi connectivity index (χ0) is 12.1. The van der Waals surface area contributed by atoms with Gasteiger partial charge in [0, 0.05) is 0 Å². The first-order chi connectivity index (χ1) is 8.29. The van der Waals surface area contributed by atoms with Crippen LogP contribution < -0.4 is 10.5 Å². The Balaban J connectivity index is 2.08. The van der Waals surface area contributed by atoms with Crippen LogP contribution in [0.1, 0.15) is 19.8 Å². The van der Waals surface area contributed by atoms with E-state index in [1.165, 1.54) is 10.8 Å². The first-order valence-electron chi connectivity index (χ1n) is 6.15. The lowest BCUT2D eigenvalue weighted by molar-refractivity contribution is 0.209. The molecular formula is C15H19NO. The van der Waals surface area contributed by atoms with Gasteiger partial charge in [-0.05, 0) is 49.2 Å². The molecule has 2 N–H and O–H groups in total. The second-order valence-corrected chi connectivity index (χ2v) is 4.37. The fraction of sp³-hybridized carbons (Fsp3) is 0.333. The van der Waals surface area contributed by atoms with Gasteiger partial charge >= 0.3 is 0 Å². The summed E-state index contributed by atoms with van der Waals surface area (Å²) in [5, 5.41) is 2.46. The predicted molar refractivity (Wildman–Crippen MR) is 72.3 cm³/mol. The fourth-order valence-electron chi connectivity index (χ4n) is 1.94. The van der Waals surface area contributed by atoms with Gasteiger partial charge < -0.3 is 10.5 Å². The van der Waals surface area contributed by atoms with Crippen LogP contribution in [-0.4, -0.2) is 12.6 Å². The highest BCUT2D eigenvalue weighted by Crippen LogP contribution is 2.21. The molecular weight excluding hydrogens is 210 g/mol. The van der Waals surface area contributed by atoms with E-state index in [-0.39, 0.29) is 6.10 Å². The summed E-state index contributed by atoms with van der Waals surface area (Å²) in [4.78, 5) is 0. The van der Waals surface area contributed by atoms with Gasteiger partial charge in [-0.3, -0.25) is 0 Å². The van der Waals surface area contributed by atoms with E-state index in [0.29, 0.717) is 0 Å². The lowest BCUT2D eigenvalue weighted by atomic mass is 10.1. The lowest BCUT2D eigenvalue weighted by Gasteiger charge is -2.14. The van der Waals surface area contributed by atoms with Crippen molar-refractivity contribution in [3.05, 3.63) is 42.5 Å². The molecule has 0 aliphatic carbocycles. The Hall–Kier alpha value is -1.54. The smallest absolute Gasteiger partial charge is 0.120 e. The van der Waals surface area contributed by atoms with Crippen LogP contribution in [0.2, 0.25) is 0 Å². The third-order valence-electron chi connectivity index (χ3n) is 2.87. The van der Waals surface area contributed by atoms with E-state index in [9.17, 15) is 0 Å². The normalized spacial score (nSPS) is 12.6. The number of nitrogens with two attached hydrogens (primary N) is 1. The van der Waals surface area contributed by atoms with Crippen molar-refractivity contribution >= 4 is 10.8 Å². The molecule has 0 radical (unpaired) electrons. The van der Waals surface area contributed by atoms with Crippen molar-refractivity contribution in [1.29, 1.82) is 0 Å². The maximum atomic E-state index is 5.87. The minimum Gasteiger partial charge on any atom is -0.491 e. The van der Waals surface area contributed by atoms with Crippen LogP contribution in [0.15, 0.2) is 42.5 Å². The molecule has 0 spiro atoms. The average Bonchev–Trinajstić information content (AvgIpc) is 2.36. The molecule has 0 saturated heterocycles. The van der Waals surface area contributed by atoms with E-state index in [2.05, 4.69) is 31.2 Å². The predicted octanol–water partition coefficient (Wildman–Crippen LogP) is 3.35. The number of ether oxygens (including phenoxy) is 1. The van der Waals surface area contributed by atoms with Crippen LogP contribution in [0.3, 0.4) is 0 Å². The Kier molecular flexibility index (Phi) is 3.99. The molecule has 2 rings (SSSR count). The van der Waals surface area contributed by atoms with Crippen molar-refractivity contribution in [1.82, 2.24) is 0 Å². The Bertz CT molecular complexity index is 481.